The van der Waals surface area contributed by atoms with E-state index in [4.69, 9.17) is 4.74 Å². The number of imidazole rings is 1. The number of nitrogens with zero attached hydrogens (tertiary/aromatic N) is 3. The van der Waals surface area contributed by atoms with Crippen molar-refractivity contribution in [1.82, 2.24) is 24.7 Å². The molecule has 0 amide bonds. The van der Waals surface area contributed by atoms with Crippen LogP contribution in [0.4, 0.5) is 11.6 Å². The number of sulfonamides is 1. The fourth-order valence-corrected chi connectivity index (χ4v) is 3.62. The molecule has 2 heterocycles. The van der Waals surface area contributed by atoms with Crippen LogP contribution in [-0.4, -0.2) is 54.9 Å². The molecule has 0 bridgehead atoms. The summed E-state index contributed by atoms with van der Waals surface area (Å²) in [5, 5.41) is 3.05. The molecule has 164 valence electrons. The molecule has 0 saturated heterocycles. The average molecular weight is 445 g/mol. The van der Waals surface area contributed by atoms with Crippen LogP contribution >= 0.6 is 0 Å². The summed E-state index contributed by atoms with van der Waals surface area (Å²) in [4.78, 5) is 27.4. The number of anilines is 2. The highest BCUT2D eigenvalue weighted by molar-refractivity contribution is 7.89. The topological polar surface area (TPSA) is 139 Å². The van der Waals surface area contributed by atoms with Gasteiger partial charge in [0.15, 0.2) is 0 Å². The highest BCUT2D eigenvalue weighted by Gasteiger charge is 2.23. The quantitative estimate of drug-likeness (QED) is 0.319. The van der Waals surface area contributed by atoms with Crippen LogP contribution in [0, 0.1) is 0 Å². The molecule has 3 N–H and O–H groups in total. The molecular weight excluding hydrogens is 420 g/mol. The first kappa shape index (κ1) is 22.5. The van der Waals surface area contributed by atoms with Gasteiger partial charge in [0.1, 0.15) is 12.1 Å². The number of carbonyl (C=O) groups is 1. The second kappa shape index (κ2) is 9.33. The van der Waals surface area contributed by atoms with Crippen molar-refractivity contribution >= 4 is 27.9 Å². The Kier molecular flexibility index (Phi) is 6.78. The summed E-state index contributed by atoms with van der Waals surface area (Å²) in [6, 6.07) is 7.95. The summed E-state index contributed by atoms with van der Waals surface area (Å²) < 4.78 is 31.8. The van der Waals surface area contributed by atoms with Gasteiger partial charge in [-0.25, -0.2) is 28.1 Å². The van der Waals surface area contributed by atoms with Crippen molar-refractivity contribution in [3.63, 3.8) is 0 Å². The Labute approximate surface area is 180 Å². The molecule has 0 radical (unpaired) electrons. The number of carbonyl (C=O) groups excluding carboxylic acids is 1. The largest absolute Gasteiger partial charge is 0.383 e. The van der Waals surface area contributed by atoms with Crippen LogP contribution in [0.15, 0.2) is 47.6 Å². The number of rotatable bonds is 10. The van der Waals surface area contributed by atoms with E-state index < -0.39 is 15.4 Å². The molecule has 3 aromatic rings. The number of benzene rings is 1. The van der Waals surface area contributed by atoms with Crippen LogP contribution in [0.3, 0.4) is 0 Å². The van der Waals surface area contributed by atoms with Gasteiger partial charge in [0.2, 0.25) is 16.0 Å². The van der Waals surface area contributed by atoms with Gasteiger partial charge in [-0.2, -0.15) is 0 Å². The minimum atomic E-state index is -3.60. The number of H-pyrrole nitrogens is 1. The number of ether oxygens (including phenoxy) is 1. The number of hydrogen-bond acceptors (Lipinski definition) is 8. The average Bonchev–Trinajstić information content (AvgIpc) is 3.26. The Bertz CT molecular complexity index is 1140. The van der Waals surface area contributed by atoms with Crippen molar-refractivity contribution in [2.24, 2.45) is 0 Å². The van der Waals surface area contributed by atoms with Crippen LogP contribution in [-0.2, 0) is 25.0 Å². The lowest BCUT2D eigenvalue weighted by Crippen LogP contribution is -2.27. The smallest absolute Gasteiger partial charge is 0.240 e. The first-order valence-corrected chi connectivity index (χ1v) is 10.9. The van der Waals surface area contributed by atoms with E-state index in [2.05, 4.69) is 30.0 Å². The van der Waals surface area contributed by atoms with Gasteiger partial charge in [-0.3, -0.25) is 0 Å². The molecule has 0 aliphatic rings. The van der Waals surface area contributed by atoms with Crippen LogP contribution in [0.5, 0.6) is 0 Å². The number of methoxy groups -OCH3 is 1. The van der Waals surface area contributed by atoms with Gasteiger partial charge in [0.25, 0.3) is 0 Å². The first-order valence-electron chi connectivity index (χ1n) is 9.46. The van der Waals surface area contributed by atoms with E-state index in [0.717, 1.165) is 6.29 Å². The van der Waals surface area contributed by atoms with Gasteiger partial charge in [0.05, 0.1) is 34.5 Å². The number of aromatic nitrogens is 4. The summed E-state index contributed by atoms with van der Waals surface area (Å²) in [6.07, 6.45) is 4.04. The van der Waals surface area contributed by atoms with E-state index in [9.17, 15) is 13.2 Å². The molecule has 11 heteroatoms. The molecule has 0 spiro atoms. The van der Waals surface area contributed by atoms with Gasteiger partial charge < -0.3 is 19.8 Å². The van der Waals surface area contributed by atoms with Gasteiger partial charge in [-0.05, 0) is 44.2 Å². The SMILES string of the molecule is COCCNS(=O)(=O)c1ccc(Nc2nccc(-c3cnc(C(C)(C)C=O)[nH]3)n2)cc1. The lowest BCUT2D eigenvalue weighted by atomic mass is 9.95. The Morgan fingerprint density at radius 2 is 1.90 bits per heavy atom. The lowest BCUT2D eigenvalue weighted by Gasteiger charge is -2.12. The summed E-state index contributed by atoms with van der Waals surface area (Å²) in [5.74, 6) is 0.874. The highest BCUT2D eigenvalue weighted by Crippen LogP contribution is 2.23. The van der Waals surface area contributed by atoms with Crippen molar-refractivity contribution in [3.8, 4) is 11.4 Å². The maximum absolute atomic E-state index is 12.2. The van der Waals surface area contributed by atoms with Crippen LogP contribution in [0.25, 0.3) is 11.4 Å². The van der Waals surface area contributed by atoms with Crippen molar-refractivity contribution in [1.29, 1.82) is 0 Å². The Morgan fingerprint density at radius 3 is 2.58 bits per heavy atom. The number of aromatic amines is 1. The highest BCUT2D eigenvalue weighted by atomic mass is 32.2. The number of hydrogen-bond donors (Lipinski definition) is 3. The summed E-state index contributed by atoms with van der Waals surface area (Å²) in [6.45, 7) is 4.02. The van der Waals surface area contributed by atoms with E-state index >= 15 is 0 Å². The molecule has 0 unspecified atom stereocenters. The van der Waals surface area contributed by atoms with Crippen molar-refractivity contribution < 1.29 is 17.9 Å². The van der Waals surface area contributed by atoms with E-state index in [0.29, 0.717) is 28.8 Å². The maximum atomic E-state index is 12.2. The zero-order valence-electron chi connectivity index (χ0n) is 17.4. The molecule has 0 aliphatic heterocycles. The Hall–Kier alpha value is -3.15. The van der Waals surface area contributed by atoms with Crippen molar-refractivity contribution in [2.45, 2.75) is 24.2 Å². The molecule has 0 atom stereocenters. The normalized spacial score (nSPS) is 12.0. The summed E-state index contributed by atoms with van der Waals surface area (Å²) in [7, 11) is -2.10. The fourth-order valence-electron chi connectivity index (χ4n) is 2.61. The summed E-state index contributed by atoms with van der Waals surface area (Å²) >= 11 is 0. The third-order valence-electron chi connectivity index (χ3n) is 4.43. The minimum Gasteiger partial charge on any atom is -0.383 e. The predicted molar refractivity (Wildman–Crippen MR) is 115 cm³/mol. The molecule has 1 aromatic carbocycles. The van der Waals surface area contributed by atoms with E-state index in [1.807, 2.05) is 0 Å². The monoisotopic (exact) mass is 444 g/mol. The number of nitrogens with one attached hydrogen (secondary N) is 3. The molecule has 0 aliphatic carbocycles. The molecule has 0 saturated carbocycles. The third kappa shape index (κ3) is 5.51. The fraction of sp³-hybridized carbons (Fsp3) is 0.300. The lowest BCUT2D eigenvalue weighted by molar-refractivity contribution is -0.111. The van der Waals surface area contributed by atoms with Gasteiger partial charge >= 0.3 is 0 Å². The second-order valence-electron chi connectivity index (χ2n) is 7.29. The molecule has 2 aromatic heterocycles. The molecular formula is C20H24N6O4S. The van der Waals surface area contributed by atoms with Gasteiger partial charge in [-0.1, -0.05) is 0 Å². The van der Waals surface area contributed by atoms with Crippen LogP contribution in [0.1, 0.15) is 19.7 Å². The summed E-state index contributed by atoms with van der Waals surface area (Å²) in [5.41, 5.74) is 1.14. The van der Waals surface area contributed by atoms with Crippen molar-refractivity contribution in [2.75, 3.05) is 25.6 Å². The molecule has 31 heavy (non-hydrogen) atoms. The molecule has 10 nitrogen and oxygen atoms in total. The standard InChI is InChI=1S/C20H24N6O4S/c1-20(2,13-27)18-22-12-17(25-18)16-8-9-21-19(26-16)24-14-4-6-15(7-5-14)31(28,29)23-10-11-30-3/h4-9,12-13,23H,10-11H2,1-3H3,(H,22,25)(H,21,24,26). The molecule has 0 fully saturated rings. The maximum Gasteiger partial charge on any atom is 0.240 e. The van der Waals surface area contributed by atoms with Crippen LogP contribution in [0.2, 0.25) is 0 Å². The Morgan fingerprint density at radius 1 is 1.16 bits per heavy atom. The first-order chi connectivity index (χ1) is 14.7. The minimum absolute atomic E-state index is 0.145. The zero-order chi connectivity index (χ0) is 22.5. The second-order valence-corrected chi connectivity index (χ2v) is 9.06. The van der Waals surface area contributed by atoms with Crippen LogP contribution < -0.4 is 10.0 Å². The van der Waals surface area contributed by atoms with Gasteiger partial charge in [0, 0.05) is 25.5 Å². The predicted octanol–water partition coefficient (Wildman–Crippen LogP) is 2.01. The number of aldehydes is 1. The third-order valence-corrected chi connectivity index (χ3v) is 5.91. The van der Waals surface area contributed by atoms with Gasteiger partial charge in [-0.15, -0.1) is 0 Å². The molecule has 3 rings (SSSR count). The van der Waals surface area contributed by atoms with E-state index in [-0.39, 0.29) is 18.0 Å². The Balaban J connectivity index is 1.74. The van der Waals surface area contributed by atoms with Crippen molar-refractivity contribution in [3.05, 3.63) is 48.5 Å². The van der Waals surface area contributed by atoms with E-state index in [1.165, 1.54) is 19.2 Å². The van der Waals surface area contributed by atoms with E-state index in [1.54, 1.807) is 44.4 Å². The zero-order valence-corrected chi connectivity index (χ0v) is 18.2.